The molecule has 0 bridgehead atoms. The zero-order chi connectivity index (χ0) is 11.7. The van der Waals surface area contributed by atoms with E-state index in [1.54, 1.807) is 18.4 Å². The first-order chi connectivity index (χ1) is 7.61. The lowest BCUT2D eigenvalue weighted by Crippen LogP contribution is -1.90. The van der Waals surface area contributed by atoms with E-state index < -0.39 is 0 Å². The number of nitrogens with zero attached hydrogens (tertiary/aromatic N) is 1. The number of methoxy groups -OCH3 is 1. The molecule has 84 valence electrons. The summed E-state index contributed by atoms with van der Waals surface area (Å²) in [5, 5.41) is 2.97. The van der Waals surface area contributed by atoms with Crippen LogP contribution in [0.2, 0.25) is 0 Å². The van der Waals surface area contributed by atoms with Crippen LogP contribution in [0.1, 0.15) is 16.7 Å². The van der Waals surface area contributed by atoms with Crippen LogP contribution >= 0.6 is 11.3 Å². The number of aryl methyl sites for hydroxylation is 3. The molecule has 2 nitrogen and oxygen atoms in total. The van der Waals surface area contributed by atoms with Crippen LogP contribution in [-0.4, -0.2) is 12.1 Å². The van der Waals surface area contributed by atoms with Crippen LogP contribution in [0.3, 0.4) is 0 Å². The van der Waals surface area contributed by atoms with Crippen LogP contribution in [0.5, 0.6) is 5.88 Å². The van der Waals surface area contributed by atoms with Crippen LogP contribution in [0.15, 0.2) is 17.5 Å². The standard InChI is InChI=1S/C13H15NOS/c1-8-5-9(2)12(10(3)6-8)13-14-11(15-4)7-16-13/h5-7H,1-4H3. The molecule has 0 spiro atoms. The fourth-order valence-corrected chi connectivity index (χ4v) is 2.93. The van der Waals surface area contributed by atoms with E-state index in [0.29, 0.717) is 5.88 Å². The Morgan fingerprint density at radius 3 is 2.25 bits per heavy atom. The summed E-state index contributed by atoms with van der Waals surface area (Å²) in [5.74, 6) is 0.694. The molecule has 0 aliphatic carbocycles. The average Bonchev–Trinajstić information content (AvgIpc) is 2.64. The number of hydrogen-bond acceptors (Lipinski definition) is 3. The minimum Gasteiger partial charge on any atom is -0.480 e. The van der Waals surface area contributed by atoms with E-state index in [9.17, 15) is 0 Å². The minimum atomic E-state index is 0.694. The maximum absolute atomic E-state index is 5.12. The molecule has 0 aliphatic heterocycles. The predicted octanol–water partition coefficient (Wildman–Crippen LogP) is 3.74. The largest absolute Gasteiger partial charge is 0.480 e. The quantitative estimate of drug-likeness (QED) is 0.788. The first-order valence-electron chi connectivity index (χ1n) is 5.19. The zero-order valence-corrected chi connectivity index (χ0v) is 10.8. The number of thiazole rings is 1. The predicted molar refractivity (Wildman–Crippen MR) is 68.3 cm³/mol. The van der Waals surface area contributed by atoms with Crippen molar-refractivity contribution >= 4 is 11.3 Å². The second-order valence-corrected chi connectivity index (χ2v) is 4.83. The normalized spacial score (nSPS) is 10.5. The van der Waals surface area contributed by atoms with E-state index in [-0.39, 0.29) is 0 Å². The Balaban J connectivity index is 2.55. The number of aromatic nitrogens is 1. The summed E-state index contributed by atoms with van der Waals surface area (Å²) >= 11 is 1.63. The Morgan fingerprint density at radius 1 is 1.12 bits per heavy atom. The Labute approximate surface area is 99.9 Å². The van der Waals surface area contributed by atoms with Crippen molar-refractivity contribution in [1.82, 2.24) is 4.98 Å². The third-order valence-corrected chi connectivity index (χ3v) is 3.42. The monoisotopic (exact) mass is 233 g/mol. The van der Waals surface area contributed by atoms with Crippen molar-refractivity contribution in [3.63, 3.8) is 0 Å². The fraction of sp³-hybridized carbons (Fsp3) is 0.308. The van der Waals surface area contributed by atoms with E-state index in [0.717, 1.165) is 5.01 Å². The molecule has 0 unspecified atom stereocenters. The van der Waals surface area contributed by atoms with Gasteiger partial charge in [-0.1, -0.05) is 17.7 Å². The number of benzene rings is 1. The molecule has 0 N–H and O–H groups in total. The van der Waals surface area contributed by atoms with Gasteiger partial charge in [0.25, 0.3) is 0 Å². The van der Waals surface area contributed by atoms with Gasteiger partial charge in [0, 0.05) is 5.56 Å². The molecule has 0 fully saturated rings. The van der Waals surface area contributed by atoms with Gasteiger partial charge in [-0.15, -0.1) is 11.3 Å². The highest BCUT2D eigenvalue weighted by atomic mass is 32.1. The summed E-state index contributed by atoms with van der Waals surface area (Å²) in [7, 11) is 1.65. The Hall–Kier alpha value is -1.35. The van der Waals surface area contributed by atoms with Crippen molar-refractivity contribution < 1.29 is 4.74 Å². The van der Waals surface area contributed by atoms with Crippen molar-refractivity contribution in [2.24, 2.45) is 0 Å². The van der Waals surface area contributed by atoms with Gasteiger partial charge in [0.15, 0.2) is 0 Å². The van der Waals surface area contributed by atoms with Crippen LogP contribution in [-0.2, 0) is 0 Å². The Kier molecular flexibility index (Phi) is 2.97. The molecule has 2 aromatic rings. The maximum Gasteiger partial charge on any atom is 0.224 e. The molecule has 1 heterocycles. The smallest absolute Gasteiger partial charge is 0.224 e. The molecule has 0 amide bonds. The van der Waals surface area contributed by atoms with E-state index in [4.69, 9.17) is 4.74 Å². The number of ether oxygens (including phenoxy) is 1. The molecule has 1 aromatic heterocycles. The van der Waals surface area contributed by atoms with E-state index in [1.165, 1.54) is 22.3 Å². The van der Waals surface area contributed by atoms with Crippen molar-refractivity contribution in [3.8, 4) is 16.5 Å². The summed E-state index contributed by atoms with van der Waals surface area (Å²) in [6.45, 7) is 6.37. The molecule has 0 atom stereocenters. The molecular weight excluding hydrogens is 218 g/mol. The third-order valence-electron chi connectivity index (χ3n) is 2.58. The zero-order valence-electron chi connectivity index (χ0n) is 10.00. The van der Waals surface area contributed by atoms with Gasteiger partial charge in [0.05, 0.1) is 12.5 Å². The third kappa shape index (κ3) is 1.95. The van der Waals surface area contributed by atoms with Crippen molar-refractivity contribution in [2.45, 2.75) is 20.8 Å². The SMILES string of the molecule is COc1csc(-c2c(C)cc(C)cc2C)n1. The highest BCUT2D eigenvalue weighted by Gasteiger charge is 2.10. The summed E-state index contributed by atoms with van der Waals surface area (Å²) in [4.78, 5) is 4.45. The van der Waals surface area contributed by atoms with Gasteiger partial charge in [-0.3, -0.25) is 0 Å². The van der Waals surface area contributed by atoms with Gasteiger partial charge >= 0.3 is 0 Å². The second kappa shape index (κ2) is 4.26. The van der Waals surface area contributed by atoms with Gasteiger partial charge in [-0.2, -0.15) is 0 Å². The molecule has 0 aliphatic rings. The average molecular weight is 233 g/mol. The summed E-state index contributed by atoms with van der Waals surface area (Å²) in [6.07, 6.45) is 0. The molecule has 0 saturated heterocycles. The van der Waals surface area contributed by atoms with Crippen LogP contribution in [0, 0.1) is 20.8 Å². The maximum atomic E-state index is 5.12. The molecule has 2 rings (SSSR count). The fourth-order valence-electron chi connectivity index (χ4n) is 1.98. The summed E-state index contributed by atoms with van der Waals surface area (Å²) < 4.78 is 5.12. The van der Waals surface area contributed by atoms with Crippen LogP contribution in [0.25, 0.3) is 10.6 Å². The van der Waals surface area contributed by atoms with E-state index in [2.05, 4.69) is 37.9 Å². The van der Waals surface area contributed by atoms with Gasteiger partial charge in [-0.25, -0.2) is 4.98 Å². The Bertz CT molecular complexity index is 493. The number of hydrogen-bond donors (Lipinski definition) is 0. The molecule has 3 heteroatoms. The van der Waals surface area contributed by atoms with Crippen molar-refractivity contribution in [3.05, 3.63) is 34.2 Å². The number of rotatable bonds is 2. The van der Waals surface area contributed by atoms with Crippen molar-refractivity contribution in [2.75, 3.05) is 7.11 Å². The second-order valence-electron chi connectivity index (χ2n) is 3.97. The highest BCUT2D eigenvalue weighted by Crippen LogP contribution is 2.32. The molecule has 1 aromatic carbocycles. The Morgan fingerprint density at radius 2 is 1.75 bits per heavy atom. The van der Waals surface area contributed by atoms with Gasteiger partial charge in [0.1, 0.15) is 5.01 Å². The minimum absolute atomic E-state index is 0.694. The molecule has 0 saturated carbocycles. The molecular formula is C13H15NOS. The van der Waals surface area contributed by atoms with Gasteiger partial charge < -0.3 is 4.74 Å². The molecule has 16 heavy (non-hydrogen) atoms. The van der Waals surface area contributed by atoms with Crippen LogP contribution in [0.4, 0.5) is 0 Å². The lowest BCUT2D eigenvalue weighted by molar-refractivity contribution is 0.401. The van der Waals surface area contributed by atoms with Gasteiger partial charge in [0.2, 0.25) is 5.88 Å². The van der Waals surface area contributed by atoms with E-state index >= 15 is 0 Å². The first kappa shape index (κ1) is 11.1. The first-order valence-corrected chi connectivity index (χ1v) is 6.07. The van der Waals surface area contributed by atoms with E-state index in [1.807, 2.05) is 5.38 Å². The van der Waals surface area contributed by atoms with Gasteiger partial charge in [-0.05, 0) is 31.9 Å². The summed E-state index contributed by atoms with van der Waals surface area (Å²) in [5.41, 5.74) is 5.07. The molecule has 0 radical (unpaired) electrons. The lowest BCUT2D eigenvalue weighted by Gasteiger charge is -2.08. The topological polar surface area (TPSA) is 22.1 Å². The summed E-state index contributed by atoms with van der Waals surface area (Å²) in [6, 6.07) is 4.38. The van der Waals surface area contributed by atoms with Crippen molar-refractivity contribution in [1.29, 1.82) is 0 Å². The van der Waals surface area contributed by atoms with Crippen LogP contribution < -0.4 is 4.74 Å². The lowest BCUT2D eigenvalue weighted by atomic mass is 10.0. The highest BCUT2D eigenvalue weighted by molar-refractivity contribution is 7.13.